The Hall–Kier alpha value is -3.14. The van der Waals surface area contributed by atoms with Crippen LogP contribution in [0.5, 0.6) is 5.75 Å². The lowest BCUT2D eigenvalue weighted by Gasteiger charge is -2.12. The third-order valence-electron chi connectivity index (χ3n) is 4.73. The van der Waals surface area contributed by atoms with Crippen molar-refractivity contribution in [2.45, 2.75) is 33.6 Å². The minimum absolute atomic E-state index is 0.324. The zero-order valence-corrected chi connectivity index (χ0v) is 19.2. The van der Waals surface area contributed by atoms with Gasteiger partial charge in [0.2, 0.25) is 5.65 Å². The van der Waals surface area contributed by atoms with Crippen molar-refractivity contribution < 1.29 is 19.0 Å². The number of aryl methyl sites for hydroxylation is 1. The number of rotatable bonds is 12. The largest absolute Gasteiger partial charge is 0.491 e. The minimum Gasteiger partial charge on any atom is -0.491 e. The van der Waals surface area contributed by atoms with E-state index in [4.69, 9.17) is 19.2 Å². The van der Waals surface area contributed by atoms with E-state index in [1.807, 2.05) is 43.4 Å². The molecule has 3 rings (SSSR count). The Balaban J connectivity index is 1.61. The molecule has 0 aliphatic carbocycles. The van der Waals surface area contributed by atoms with Crippen molar-refractivity contribution >= 4 is 28.6 Å². The quantitative estimate of drug-likeness (QED) is 0.410. The highest BCUT2D eigenvalue weighted by atomic mass is 16.5. The van der Waals surface area contributed by atoms with E-state index < -0.39 is 0 Å². The number of amides is 1. The molecule has 0 saturated carbocycles. The standard InChI is InChI=1S/C22H32N6O4/c1-15(2)14-32-22(29)24-10-6-5-9-23-20-21-27-26-16(3)28(21)19-8-7-17(13-18(19)25-20)31-12-11-30-4/h7-8,13,15H,5-6,9-12,14H2,1-4H3,(H,23,25)(H,24,29). The predicted octanol–water partition coefficient (Wildman–Crippen LogP) is 3.19. The van der Waals surface area contributed by atoms with E-state index in [1.165, 1.54) is 0 Å². The van der Waals surface area contributed by atoms with Gasteiger partial charge >= 0.3 is 6.09 Å². The Bertz CT molecular complexity index is 1040. The van der Waals surface area contributed by atoms with Crippen LogP contribution in [0, 0.1) is 12.8 Å². The summed E-state index contributed by atoms with van der Waals surface area (Å²) in [6, 6.07) is 5.77. The van der Waals surface area contributed by atoms with Crippen molar-refractivity contribution in [2.24, 2.45) is 5.92 Å². The lowest BCUT2D eigenvalue weighted by molar-refractivity contribution is 0.133. The number of fused-ring (bicyclic) bond motifs is 3. The number of nitrogens with zero attached hydrogens (tertiary/aromatic N) is 4. The molecule has 2 N–H and O–H groups in total. The first-order valence-corrected chi connectivity index (χ1v) is 10.9. The molecule has 0 aliphatic rings. The molecule has 174 valence electrons. The number of ether oxygens (including phenoxy) is 3. The number of unbranched alkanes of at least 4 members (excludes halogenated alkanes) is 1. The summed E-state index contributed by atoms with van der Waals surface area (Å²) in [5.74, 6) is 2.50. The number of methoxy groups -OCH3 is 1. The molecule has 0 unspecified atom stereocenters. The van der Waals surface area contributed by atoms with Gasteiger partial charge in [-0.15, -0.1) is 10.2 Å². The normalized spacial score (nSPS) is 11.3. The Labute approximate surface area is 187 Å². The number of carbonyl (C=O) groups excluding carboxylic acids is 1. The average Bonchev–Trinajstić information content (AvgIpc) is 3.16. The van der Waals surface area contributed by atoms with E-state index >= 15 is 0 Å². The number of hydrogen-bond acceptors (Lipinski definition) is 8. The summed E-state index contributed by atoms with van der Waals surface area (Å²) in [5.41, 5.74) is 2.38. The molecule has 10 heteroatoms. The second-order valence-electron chi connectivity index (χ2n) is 7.91. The van der Waals surface area contributed by atoms with Crippen molar-refractivity contribution in [1.82, 2.24) is 24.9 Å². The van der Waals surface area contributed by atoms with Gasteiger partial charge in [0.25, 0.3) is 0 Å². The van der Waals surface area contributed by atoms with Gasteiger partial charge in [-0.3, -0.25) is 4.40 Å². The fraction of sp³-hybridized carbons (Fsp3) is 0.545. The minimum atomic E-state index is -0.368. The lowest BCUT2D eigenvalue weighted by atomic mass is 10.2. The maximum Gasteiger partial charge on any atom is 0.407 e. The number of nitrogens with one attached hydrogen (secondary N) is 2. The predicted molar refractivity (Wildman–Crippen MR) is 122 cm³/mol. The molecular weight excluding hydrogens is 412 g/mol. The zero-order valence-electron chi connectivity index (χ0n) is 19.2. The molecular formula is C22H32N6O4. The van der Waals surface area contributed by atoms with E-state index in [1.54, 1.807) is 7.11 Å². The van der Waals surface area contributed by atoms with Crippen LogP contribution in [-0.4, -0.2) is 65.7 Å². The first-order valence-electron chi connectivity index (χ1n) is 10.9. The second kappa shape index (κ2) is 11.5. The number of anilines is 1. The molecule has 3 aromatic rings. The molecule has 2 heterocycles. The van der Waals surface area contributed by atoms with Gasteiger partial charge < -0.3 is 24.8 Å². The second-order valence-corrected chi connectivity index (χ2v) is 7.91. The molecule has 0 atom stereocenters. The summed E-state index contributed by atoms with van der Waals surface area (Å²) in [6.07, 6.45) is 1.30. The van der Waals surface area contributed by atoms with Gasteiger partial charge in [-0.1, -0.05) is 13.8 Å². The van der Waals surface area contributed by atoms with Crippen LogP contribution in [0.4, 0.5) is 10.6 Å². The molecule has 0 spiro atoms. The summed E-state index contributed by atoms with van der Waals surface area (Å²) in [4.78, 5) is 16.3. The highest BCUT2D eigenvalue weighted by Crippen LogP contribution is 2.25. The van der Waals surface area contributed by atoms with Crippen LogP contribution in [-0.2, 0) is 9.47 Å². The number of alkyl carbamates (subject to hydrolysis) is 1. The van der Waals surface area contributed by atoms with Gasteiger partial charge in [-0.2, -0.15) is 0 Å². The van der Waals surface area contributed by atoms with Crippen LogP contribution in [0.25, 0.3) is 16.7 Å². The fourth-order valence-electron chi connectivity index (χ4n) is 3.15. The maximum absolute atomic E-state index is 11.6. The summed E-state index contributed by atoms with van der Waals surface area (Å²) in [6.45, 7) is 8.58. The summed E-state index contributed by atoms with van der Waals surface area (Å²) in [7, 11) is 1.64. The average molecular weight is 445 g/mol. The van der Waals surface area contributed by atoms with Crippen LogP contribution in [0.3, 0.4) is 0 Å². The Morgan fingerprint density at radius 3 is 2.75 bits per heavy atom. The van der Waals surface area contributed by atoms with Crippen LogP contribution < -0.4 is 15.4 Å². The summed E-state index contributed by atoms with van der Waals surface area (Å²) in [5, 5.41) is 14.6. The fourth-order valence-corrected chi connectivity index (χ4v) is 3.15. The SMILES string of the molecule is COCCOc1ccc2c(c1)nc(NCCCCNC(=O)OCC(C)C)c1nnc(C)n12. The van der Waals surface area contributed by atoms with Crippen molar-refractivity contribution in [3.8, 4) is 5.75 Å². The number of hydrogen-bond donors (Lipinski definition) is 2. The van der Waals surface area contributed by atoms with Crippen LogP contribution >= 0.6 is 0 Å². The summed E-state index contributed by atoms with van der Waals surface area (Å²) >= 11 is 0. The number of carbonyl (C=O) groups is 1. The summed E-state index contributed by atoms with van der Waals surface area (Å²) < 4.78 is 17.8. The van der Waals surface area contributed by atoms with Gasteiger partial charge in [0, 0.05) is 26.3 Å². The van der Waals surface area contributed by atoms with Crippen molar-refractivity contribution in [3.05, 3.63) is 24.0 Å². The number of benzene rings is 1. The Morgan fingerprint density at radius 1 is 1.16 bits per heavy atom. The Kier molecular flexibility index (Phi) is 8.43. The van der Waals surface area contributed by atoms with E-state index in [0.717, 1.165) is 35.4 Å². The molecule has 0 saturated heterocycles. The van der Waals surface area contributed by atoms with Gasteiger partial charge in [-0.25, -0.2) is 9.78 Å². The van der Waals surface area contributed by atoms with E-state index in [0.29, 0.717) is 50.3 Å². The molecule has 2 aromatic heterocycles. The molecule has 0 bridgehead atoms. The van der Waals surface area contributed by atoms with Crippen molar-refractivity contribution in [1.29, 1.82) is 0 Å². The van der Waals surface area contributed by atoms with Crippen LogP contribution in [0.1, 0.15) is 32.5 Å². The molecule has 0 radical (unpaired) electrons. The first-order chi connectivity index (χ1) is 15.5. The van der Waals surface area contributed by atoms with Crippen molar-refractivity contribution in [3.63, 3.8) is 0 Å². The lowest BCUT2D eigenvalue weighted by Crippen LogP contribution is -2.26. The van der Waals surface area contributed by atoms with Crippen LogP contribution in [0.15, 0.2) is 18.2 Å². The maximum atomic E-state index is 11.6. The Morgan fingerprint density at radius 2 is 1.97 bits per heavy atom. The molecule has 1 amide bonds. The van der Waals surface area contributed by atoms with Gasteiger partial charge in [0.15, 0.2) is 5.82 Å². The highest BCUT2D eigenvalue weighted by molar-refractivity contribution is 5.84. The van der Waals surface area contributed by atoms with Crippen molar-refractivity contribution in [2.75, 3.05) is 45.3 Å². The molecule has 0 fully saturated rings. The topological polar surface area (TPSA) is 112 Å². The number of aromatic nitrogens is 4. The van der Waals surface area contributed by atoms with E-state index in [2.05, 4.69) is 20.8 Å². The highest BCUT2D eigenvalue weighted by Gasteiger charge is 2.13. The van der Waals surface area contributed by atoms with E-state index in [-0.39, 0.29) is 6.09 Å². The third-order valence-corrected chi connectivity index (χ3v) is 4.73. The monoisotopic (exact) mass is 444 g/mol. The first kappa shape index (κ1) is 23.5. The van der Waals surface area contributed by atoms with Crippen LogP contribution in [0.2, 0.25) is 0 Å². The van der Waals surface area contributed by atoms with Gasteiger partial charge in [-0.05, 0) is 37.8 Å². The molecule has 0 aliphatic heterocycles. The third kappa shape index (κ3) is 6.19. The van der Waals surface area contributed by atoms with Gasteiger partial charge in [0.05, 0.1) is 24.2 Å². The molecule has 32 heavy (non-hydrogen) atoms. The smallest absolute Gasteiger partial charge is 0.407 e. The van der Waals surface area contributed by atoms with E-state index in [9.17, 15) is 4.79 Å². The molecule has 10 nitrogen and oxygen atoms in total. The van der Waals surface area contributed by atoms with Gasteiger partial charge in [0.1, 0.15) is 18.2 Å². The zero-order chi connectivity index (χ0) is 22.9. The molecule has 1 aromatic carbocycles.